The predicted molar refractivity (Wildman–Crippen MR) is 124 cm³/mol. The summed E-state index contributed by atoms with van der Waals surface area (Å²) in [5.41, 5.74) is 1.04. The summed E-state index contributed by atoms with van der Waals surface area (Å²) in [7, 11) is -1.61. The van der Waals surface area contributed by atoms with E-state index in [1.807, 2.05) is 13.8 Å². The predicted octanol–water partition coefficient (Wildman–Crippen LogP) is 3.46. The van der Waals surface area contributed by atoms with E-state index < -0.39 is 14.8 Å². The van der Waals surface area contributed by atoms with Crippen molar-refractivity contribution in [3.8, 4) is 22.6 Å². The van der Waals surface area contributed by atoms with Crippen LogP contribution in [0.3, 0.4) is 0 Å². The van der Waals surface area contributed by atoms with Crippen molar-refractivity contribution in [2.75, 3.05) is 25.2 Å². The Labute approximate surface area is 193 Å². The lowest BCUT2D eigenvalue weighted by Crippen LogP contribution is -2.48. The maximum absolute atomic E-state index is 13.1. The molecule has 1 fully saturated rings. The van der Waals surface area contributed by atoms with E-state index in [1.54, 1.807) is 36.3 Å². The van der Waals surface area contributed by atoms with Crippen molar-refractivity contribution in [1.82, 2.24) is 4.90 Å². The van der Waals surface area contributed by atoms with Gasteiger partial charge in [-0.25, -0.2) is 8.42 Å². The van der Waals surface area contributed by atoms with Crippen molar-refractivity contribution < 1.29 is 27.6 Å². The second kappa shape index (κ2) is 10.2. The molecule has 10 heteroatoms. The van der Waals surface area contributed by atoms with Gasteiger partial charge in [0.2, 0.25) is 0 Å². The second-order valence-electron chi connectivity index (χ2n) is 8.07. The Bertz CT molecular complexity index is 1120. The first-order valence-corrected chi connectivity index (χ1v) is 12.5. The second-order valence-corrected chi connectivity index (χ2v) is 10.3. The SMILES string of the molecule is CC[C@H](C)N(C(=O)COc1ccc([N+](=O)[O-])cc1-c1ccc(OC)cc1)[C@H]1CCS(=O)(=O)C1. The van der Waals surface area contributed by atoms with Crippen LogP contribution >= 0.6 is 0 Å². The van der Waals surface area contributed by atoms with E-state index in [2.05, 4.69) is 0 Å². The molecule has 1 aliphatic rings. The fraction of sp³-hybridized carbons (Fsp3) is 0.435. The van der Waals surface area contributed by atoms with Crippen molar-refractivity contribution in [3.63, 3.8) is 0 Å². The third-order valence-electron chi connectivity index (χ3n) is 5.88. The van der Waals surface area contributed by atoms with Crippen LogP contribution < -0.4 is 9.47 Å². The molecule has 0 N–H and O–H groups in total. The molecule has 33 heavy (non-hydrogen) atoms. The summed E-state index contributed by atoms with van der Waals surface area (Å²) in [6.45, 7) is 3.52. The molecule has 1 heterocycles. The highest BCUT2D eigenvalue weighted by Crippen LogP contribution is 2.34. The van der Waals surface area contributed by atoms with Gasteiger partial charge in [-0.15, -0.1) is 0 Å². The van der Waals surface area contributed by atoms with E-state index in [1.165, 1.54) is 18.2 Å². The maximum atomic E-state index is 13.1. The maximum Gasteiger partial charge on any atom is 0.270 e. The van der Waals surface area contributed by atoms with Crippen LogP contribution in [0.25, 0.3) is 11.1 Å². The molecule has 0 aliphatic carbocycles. The number of rotatable bonds is 9. The first-order valence-electron chi connectivity index (χ1n) is 10.7. The molecular formula is C23H28N2O7S. The number of carbonyl (C=O) groups is 1. The molecule has 0 aromatic heterocycles. The van der Waals surface area contributed by atoms with E-state index in [0.717, 1.165) is 0 Å². The number of benzene rings is 2. The number of ether oxygens (including phenoxy) is 2. The largest absolute Gasteiger partial charge is 0.497 e. The molecule has 1 saturated heterocycles. The average Bonchev–Trinajstić information content (AvgIpc) is 3.16. The van der Waals surface area contributed by atoms with Crippen LogP contribution in [0.2, 0.25) is 0 Å². The third-order valence-corrected chi connectivity index (χ3v) is 7.63. The Morgan fingerprint density at radius 3 is 2.48 bits per heavy atom. The molecule has 0 bridgehead atoms. The van der Waals surface area contributed by atoms with Gasteiger partial charge in [0.05, 0.1) is 23.5 Å². The summed E-state index contributed by atoms with van der Waals surface area (Å²) in [6.07, 6.45) is 1.09. The van der Waals surface area contributed by atoms with Crippen molar-refractivity contribution >= 4 is 21.4 Å². The minimum Gasteiger partial charge on any atom is -0.497 e. The molecule has 2 aromatic rings. The van der Waals surface area contributed by atoms with Crippen LogP contribution in [0.1, 0.15) is 26.7 Å². The molecule has 0 spiro atoms. The lowest BCUT2D eigenvalue weighted by molar-refractivity contribution is -0.384. The molecule has 1 amide bonds. The molecule has 9 nitrogen and oxygen atoms in total. The van der Waals surface area contributed by atoms with Crippen LogP contribution in [-0.4, -0.2) is 61.5 Å². The van der Waals surface area contributed by atoms with E-state index >= 15 is 0 Å². The molecule has 178 valence electrons. The first-order chi connectivity index (χ1) is 15.6. The summed E-state index contributed by atoms with van der Waals surface area (Å²) < 4.78 is 34.9. The quantitative estimate of drug-likeness (QED) is 0.402. The summed E-state index contributed by atoms with van der Waals surface area (Å²) in [5.74, 6) is 0.672. The number of non-ortho nitro benzene ring substituents is 1. The van der Waals surface area contributed by atoms with Crippen molar-refractivity contribution in [2.24, 2.45) is 0 Å². The number of carbonyl (C=O) groups excluding carboxylic acids is 1. The number of methoxy groups -OCH3 is 1. The Morgan fingerprint density at radius 2 is 1.94 bits per heavy atom. The van der Waals surface area contributed by atoms with Gasteiger partial charge in [-0.1, -0.05) is 19.1 Å². The number of hydrogen-bond acceptors (Lipinski definition) is 7. The van der Waals surface area contributed by atoms with Gasteiger partial charge in [0.15, 0.2) is 16.4 Å². The number of nitro benzene ring substituents is 1. The van der Waals surface area contributed by atoms with Crippen molar-refractivity contribution in [3.05, 3.63) is 52.6 Å². The molecule has 2 aromatic carbocycles. The normalized spacial score (nSPS) is 17.8. The zero-order valence-electron chi connectivity index (χ0n) is 18.9. The van der Waals surface area contributed by atoms with Gasteiger partial charge in [-0.05, 0) is 43.5 Å². The molecule has 0 unspecified atom stereocenters. The Balaban J connectivity index is 1.85. The highest BCUT2D eigenvalue weighted by atomic mass is 32.2. The number of hydrogen-bond donors (Lipinski definition) is 0. The number of sulfone groups is 1. The van der Waals surface area contributed by atoms with Gasteiger partial charge in [0.25, 0.3) is 11.6 Å². The minimum atomic E-state index is -3.15. The number of nitro groups is 1. The van der Waals surface area contributed by atoms with Gasteiger partial charge in [-0.3, -0.25) is 14.9 Å². The molecule has 3 rings (SSSR count). The Hall–Kier alpha value is -3.14. The third kappa shape index (κ3) is 5.81. The first kappa shape index (κ1) is 24.5. The fourth-order valence-corrected chi connectivity index (χ4v) is 5.68. The van der Waals surface area contributed by atoms with Crippen molar-refractivity contribution in [2.45, 2.75) is 38.8 Å². The Kier molecular flexibility index (Phi) is 7.57. The summed E-state index contributed by atoms with van der Waals surface area (Å²) in [4.78, 5) is 25.5. The van der Waals surface area contributed by atoms with Crippen LogP contribution in [0.15, 0.2) is 42.5 Å². The zero-order chi connectivity index (χ0) is 24.2. The molecule has 0 saturated carbocycles. The van der Waals surface area contributed by atoms with Crippen LogP contribution in [-0.2, 0) is 14.6 Å². The summed E-state index contributed by atoms with van der Waals surface area (Å²) in [5, 5.41) is 11.3. The van der Waals surface area contributed by atoms with E-state index in [4.69, 9.17) is 9.47 Å². The van der Waals surface area contributed by atoms with Gasteiger partial charge < -0.3 is 14.4 Å². The van der Waals surface area contributed by atoms with Crippen LogP contribution in [0.5, 0.6) is 11.5 Å². The van der Waals surface area contributed by atoms with Crippen LogP contribution in [0.4, 0.5) is 5.69 Å². The van der Waals surface area contributed by atoms with E-state index in [9.17, 15) is 23.3 Å². The summed E-state index contributed by atoms with van der Waals surface area (Å²) >= 11 is 0. The molecule has 0 radical (unpaired) electrons. The highest BCUT2D eigenvalue weighted by molar-refractivity contribution is 7.91. The van der Waals surface area contributed by atoms with Gasteiger partial charge in [0.1, 0.15) is 11.5 Å². The van der Waals surface area contributed by atoms with Crippen molar-refractivity contribution in [1.29, 1.82) is 0 Å². The monoisotopic (exact) mass is 476 g/mol. The van der Waals surface area contributed by atoms with Gasteiger partial charge in [-0.2, -0.15) is 0 Å². The minimum absolute atomic E-state index is 0.0439. The average molecular weight is 477 g/mol. The molecule has 1 aliphatic heterocycles. The Morgan fingerprint density at radius 1 is 1.24 bits per heavy atom. The number of nitrogens with zero attached hydrogens (tertiary/aromatic N) is 2. The highest BCUT2D eigenvalue weighted by Gasteiger charge is 2.36. The van der Waals surface area contributed by atoms with Crippen LogP contribution in [0, 0.1) is 10.1 Å². The molecular weight excluding hydrogens is 448 g/mol. The number of amides is 1. The van der Waals surface area contributed by atoms with E-state index in [0.29, 0.717) is 35.5 Å². The standard InChI is InChI=1S/C23H28N2O7S/c1-4-16(2)24(19-11-12-33(29,30)15-19)23(26)14-32-22-10-7-18(25(27)28)13-21(22)17-5-8-20(31-3)9-6-17/h5-10,13,16,19H,4,11-12,14-15H2,1-3H3/t16-,19-/m0/s1. The van der Waals surface area contributed by atoms with E-state index in [-0.39, 0.29) is 41.8 Å². The summed E-state index contributed by atoms with van der Waals surface area (Å²) in [6, 6.07) is 10.6. The smallest absolute Gasteiger partial charge is 0.270 e. The van der Waals surface area contributed by atoms with Gasteiger partial charge >= 0.3 is 0 Å². The fourth-order valence-electron chi connectivity index (χ4n) is 3.97. The van der Waals surface area contributed by atoms with Gasteiger partial charge in [0, 0.05) is 29.8 Å². The lowest BCUT2D eigenvalue weighted by atomic mass is 10.0. The zero-order valence-corrected chi connectivity index (χ0v) is 19.7. The topological polar surface area (TPSA) is 116 Å². The molecule has 2 atom stereocenters. The lowest BCUT2D eigenvalue weighted by Gasteiger charge is -2.33.